The Morgan fingerprint density at radius 3 is 2.64 bits per heavy atom. The summed E-state index contributed by atoms with van der Waals surface area (Å²) in [4.78, 5) is 10.4. The van der Waals surface area contributed by atoms with Crippen molar-refractivity contribution >= 4 is 6.29 Å². The molecule has 76 valence electrons. The zero-order chi connectivity index (χ0) is 10.6. The maximum Gasteiger partial charge on any atom is 0.143 e. The molecule has 1 nitrogen and oxygen atoms in total. The number of aldehydes is 1. The molecule has 0 atom stereocenters. The molecule has 14 heavy (non-hydrogen) atoms. The SMILES string of the molecule is C/C=C/C1=CC(=CC=O)CC(C)(C)C1. The van der Waals surface area contributed by atoms with Crippen molar-refractivity contribution in [1.29, 1.82) is 0 Å². The van der Waals surface area contributed by atoms with Crippen LogP contribution in [0.5, 0.6) is 0 Å². The molecule has 1 rings (SSSR count). The number of allylic oxidation sites excluding steroid dienone is 6. The lowest BCUT2D eigenvalue weighted by atomic mass is 9.75. The zero-order valence-corrected chi connectivity index (χ0v) is 9.21. The van der Waals surface area contributed by atoms with Gasteiger partial charge in [-0.15, -0.1) is 0 Å². The van der Waals surface area contributed by atoms with E-state index in [1.807, 2.05) is 13.0 Å². The first-order valence-corrected chi connectivity index (χ1v) is 5.05. The average Bonchev–Trinajstić information content (AvgIpc) is 2.01. The van der Waals surface area contributed by atoms with Crippen molar-refractivity contribution in [2.24, 2.45) is 5.41 Å². The van der Waals surface area contributed by atoms with Gasteiger partial charge in [0.25, 0.3) is 0 Å². The summed E-state index contributed by atoms with van der Waals surface area (Å²) >= 11 is 0. The minimum atomic E-state index is 0.276. The van der Waals surface area contributed by atoms with Gasteiger partial charge in [0.05, 0.1) is 0 Å². The van der Waals surface area contributed by atoms with Crippen LogP contribution in [0, 0.1) is 5.41 Å². The second-order valence-electron chi connectivity index (χ2n) is 4.61. The van der Waals surface area contributed by atoms with Gasteiger partial charge in [0.1, 0.15) is 6.29 Å². The topological polar surface area (TPSA) is 17.1 Å². The normalized spacial score (nSPS) is 23.9. The van der Waals surface area contributed by atoms with Crippen LogP contribution in [0.4, 0.5) is 0 Å². The van der Waals surface area contributed by atoms with E-state index in [1.54, 1.807) is 6.08 Å². The molecule has 0 aromatic carbocycles. The van der Waals surface area contributed by atoms with E-state index >= 15 is 0 Å². The molecule has 0 unspecified atom stereocenters. The Morgan fingerprint density at radius 1 is 1.36 bits per heavy atom. The van der Waals surface area contributed by atoms with Crippen LogP contribution >= 0.6 is 0 Å². The lowest BCUT2D eigenvalue weighted by Crippen LogP contribution is -2.16. The highest BCUT2D eigenvalue weighted by Gasteiger charge is 2.23. The van der Waals surface area contributed by atoms with Crippen LogP contribution in [0.2, 0.25) is 0 Å². The average molecular weight is 190 g/mol. The minimum Gasteiger partial charge on any atom is -0.299 e. The van der Waals surface area contributed by atoms with Gasteiger partial charge in [-0.3, -0.25) is 4.79 Å². The van der Waals surface area contributed by atoms with Crippen molar-refractivity contribution < 1.29 is 4.79 Å². The van der Waals surface area contributed by atoms with Crippen molar-refractivity contribution in [3.63, 3.8) is 0 Å². The van der Waals surface area contributed by atoms with Gasteiger partial charge in [-0.25, -0.2) is 0 Å². The third-order valence-corrected chi connectivity index (χ3v) is 2.40. The van der Waals surface area contributed by atoms with E-state index in [9.17, 15) is 4.79 Å². The molecule has 0 radical (unpaired) electrons. The molecule has 0 bridgehead atoms. The molecule has 0 aromatic heterocycles. The van der Waals surface area contributed by atoms with Crippen LogP contribution in [-0.4, -0.2) is 6.29 Å². The van der Waals surface area contributed by atoms with Gasteiger partial charge in [0.2, 0.25) is 0 Å². The summed E-state index contributed by atoms with van der Waals surface area (Å²) in [6.07, 6.45) is 10.9. The van der Waals surface area contributed by atoms with Gasteiger partial charge in [-0.05, 0) is 42.4 Å². The van der Waals surface area contributed by atoms with Gasteiger partial charge < -0.3 is 0 Å². The third-order valence-electron chi connectivity index (χ3n) is 2.40. The lowest BCUT2D eigenvalue weighted by molar-refractivity contribution is -0.104. The van der Waals surface area contributed by atoms with Crippen LogP contribution in [0.1, 0.15) is 33.6 Å². The third kappa shape index (κ3) is 2.99. The van der Waals surface area contributed by atoms with Crippen LogP contribution < -0.4 is 0 Å². The standard InChI is InChI=1S/C13H18O/c1-4-5-11-8-12(6-7-14)10-13(2,3)9-11/h4-8H,9-10H2,1-3H3/b5-4+,12-6?. The van der Waals surface area contributed by atoms with E-state index in [-0.39, 0.29) is 5.41 Å². The molecule has 0 heterocycles. The zero-order valence-electron chi connectivity index (χ0n) is 9.21. The monoisotopic (exact) mass is 190 g/mol. The smallest absolute Gasteiger partial charge is 0.143 e. The molecule has 0 N–H and O–H groups in total. The van der Waals surface area contributed by atoms with Crippen LogP contribution in [0.25, 0.3) is 0 Å². The summed E-state index contributed by atoms with van der Waals surface area (Å²) in [6.45, 7) is 6.50. The van der Waals surface area contributed by atoms with Crippen LogP contribution in [-0.2, 0) is 4.79 Å². The number of carbonyl (C=O) groups is 1. The highest BCUT2D eigenvalue weighted by atomic mass is 16.1. The van der Waals surface area contributed by atoms with Gasteiger partial charge in [-0.1, -0.05) is 32.1 Å². The maximum absolute atomic E-state index is 10.4. The lowest BCUT2D eigenvalue weighted by Gasteiger charge is -2.30. The van der Waals surface area contributed by atoms with Crippen LogP contribution in [0.15, 0.2) is 35.5 Å². The first-order chi connectivity index (χ1) is 6.57. The molecular weight excluding hydrogens is 172 g/mol. The van der Waals surface area contributed by atoms with E-state index in [0.29, 0.717) is 0 Å². The summed E-state index contributed by atoms with van der Waals surface area (Å²) in [7, 11) is 0. The quantitative estimate of drug-likeness (QED) is 0.481. The summed E-state index contributed by atoms with van der Waals surface area (Å²) in [5.41, 5.74) is 2.74. The van der Waals surface area contributed by atoms with Gasteiger partial charge in [0, 0.05) is 0 Å². The Hall–Kier alpha value is -1.11. The molecule has 1 aliphatic rings. The second-order valence-corrected chi connectivity index (χ2v) is 4.61. The highest BCUT2D eigenvalue weighted by Crippen LogP contribution is 2.38. The summed E-state index contributed by atoms with van der Waals surface area (Å²) < 4.78 is 0. The van der Waals surface area contributed by atoms with E-state index in [1.165, 1.54) is 5.57 Å². The molecular formula is C13H18O. The van der Waals surface area contributed by atoms with Crippen molar-refractivity contribution in [3.05, 3.63) is 35.5 Å². The van der Waals surface area contributed by atoms with E-state index < -0.39 is 0 Å². The fourth-order valence-electron chi connectivity index (χ4n) is 2.02. The van der Waals surface area contributed by atoms with Crippen LogP contribution in [0.3, 0.4) is 0 Å². The van der Waals surface area contributed by atoms with Gasteiger partial charge in [0.15, 0.2) is 0 Å². The predicted octanol–water partition coefficient (Wildman–Crippen LogP) is 3.43. The highest BCUT2D eigenvalue weighted by molar-refractivity contribution is 5.67. The van der Waals surface area contributed by atoms with E-state index in [4.69, 9.17) is 0 Å². The Bertz CT molecular complexity index is 303. The van der Waals surface area contributed by atoms with Crippen molar-refractivity contribution in [2.45, 2.75) is 33.6 Å². The fourth-order valence-corrected chi connectivity index (χ4v) is 2.02. The second kappa shape index (κ2) is 4.41. The predicted molar refractivity (Wildman–Crippen MR) is 60.1 cm³/mol. The molecule has 0 aliphatic heterocycles. The Kier molecular flexibility index (Phi) is 3.45. The van der Waals surface area contributed by atoms with Gasteiger partial charge >= 0.3 is 0 Å². The van der Waals surface area contributed by atoms with Crippen molar-refractivity contribution in [3.8, 4) is 0 Å². The first kappa shape index (κ1) is 11.0. The number of carbonyl (C=O) groups excluding carboxylic acids is 1. The maximum atomic E-state index is 10.4. The summed E-state index contributed by atoms with van der Waals surface area (Å²) in [6, 6.07) is 0. The number of hydrogen-bond acceptors (Lipinski definition) is 1. The molecule has 0 amide bonds. The number of hydrogen-bond donors (Lipinski definition) is 0. The number of rotatable bonds is 2. The summed E-state index contributed by atoms with van der Waals surface area (Å²) in [5, 5.41) is 0. The molecule has 1 heteroatoms. The molecule has 0 saturated heterocycles. The molecule has 0 saturated carbocycles. The van der Waals surface area contributed by atoms with Crippen molar-refractivity contribution in [1.82, 2.24) is 0 Å². The Labute approximate surface area is 86.2 Å². The van der Waals surface area contributed by atoms with Gasteiger partial charge in [-0.2, -0.15) is 0 Å². The minimum absolute atomic E-state index is 0.276. The van der Waals surface area contributed by atoms with E-state index in [0.717, 1.165) is 24.7 Å². The molecule has 1 aliphatic carbocycles. The Balaban J connectivity index is 2.96. The molecule has 0 aromatic rings. The first-order valence-electron chi connectivity index (χ1n) is 5.05. The molecule has 0 spiro atoms. The summed E-state index contributed by atoms with van der Waals surface area (Å²) in [5.74, 6) is 0. The molecule has 0 fully saturated rings. The largest absolute Gasteiger partial charge is 0.299 e. The fraction of sp³-hybridized carbons (Fsp3) is 0.462. The Morgan fingerprint density at radius 2 is 2.07 bits per heavy atom. The van der Waals surface area contributed by atoms with E-state index in [2.05, 4.69) is 26.0 Å². The van der Waals surface area contributed by atoms with Crippen molar-refractivity contribution in [2.75, 3.05) is 0 Å².